The van der Waals surface area contributed by atoms with Crippen molar-refractivity contribution in [2.75, 3.05) is 0 Å². The van der Waals surface area contributed by atoms with Gasteiger partial charge in [0.25, 0.3) is 0 Å². The van der Waals surface area contributed by atoms with Crippen molar-refractivity contribution < 1.29 is 4.74 Å². The largest absolute Gasteiger partial charge is 0.474 e. The Kier molecular flexibility index (Phi) is 4.39. The highest BCUT2D eigenvalue weighted by atomic mass is 16.5. The number of pyridine rings is 1. The molecule has 0 bridgehead atoms. The molecule has 18 heavy (non-hydrogen) atoms. The van der Waals surface area contributed by atoms with E-state index in [9.17, 15) is 0 Å². The van der Waals surface area contributed by atoms with Crippen LogP contribution in [0.2, 0.25) is 0 Å². The number of hydrogen-bond acceptors (Lipinski definition) is 3. The molecule has 1 aliphatic carbocycles. The number of aromatic nitrogens is 1. The summed E-state index contributed by atoms with van der Waals surface area (Å²) >= 11 is 0. The molecular weight excluding hydrogens is 228 g/mol. The van der Waals surface area contributed by atoms with E-state index in [1.54, 1.807) is 6.20 Å². The van der Waals surface area contributed by atoms with Crippen molar-refractivity contribution in [2.24, 2.45) is 16.5 Å². The number of aliphatic imine (C=N–C) groups is 1. The zero-order chi connectivity index (χ0) is 12.8. The molecule has 0 amide bonds. The number of rotatable bonds is 4. The monoisotopic (exact) mass is 248 g/mol. The van der Waals surface area contributed by atoms with Gasteiger partial charge in [0.1, 0.15) is 6.10 Å². The Morgan fingerprint density at radius 1 is 1.33 bits per heavy atom. The van der Waals surface area contributed by atoms with Gasteiger partial charge in [0, 0.05) is 12.3 Å². The standard InChI is InChI=1S/C13H20N4O/c14-13(15)17-9-10-6-7-16-12(8-10)18-11-4-2-1-3-5-11/h6-8,11H,1-5,9H2,(H4,14,15,17). The topological polar surface area (TPSA) is 86.5 Å². The zero-order valence-electron chi connectivity index (χ0n) is 10.5. The van der Waals surface area contributed by atoms with Crippen LogP contribution in [0.4, 0.5) is 0 Å². The first-order chi connectivity index (χ1) is 8.74. The average Bonchev–Trinajstić information content (AvgIpc) is 2.38. The Bertz CT molecular complexity index is 409. The molecule has 0 unspecified atom stereocenters. The SMILES string of the molecule is NC(N)=NCc1ccnc(OC2CCCCC2)c1. The van der Waals surface area contributed by atoms with Crippen molar-refractivity contribution in [3.05, 3.63) is 23.9 Å². The van der Waals surface area contributed by atoms with Crippen molar-refractivity contribution in [1.29, 1.82) is 0 Å². The summed E-state index contributed by atoms with van der Waals surface area (Å²) in [6.45, 7) is 0.464. The molecule has 5 nitrogen and oxygen atoms in total. The van der Waals surface area contributed by atoms with Crippen molar-refractivity contribution in [1.82, 2.24) is 4.98 Å². The highest BCUT2D eigenvalue weighted by Gasteiger charge is 2.15. The number of guanidine groups is 1. The van der Waals surface area contributed by atoms with Gasteiger partial charge >= 0.3 is 0 Å². The van der Waals surface area contributed by atoms with Crippen molar-refractivity contribution in [2.45, 2.75) is 44.8 Å². The van der Waals surface area contributed by atoms with E-state index < -0.39 is 0 Å². The van der Waals surface area contributed by atoms with Crippen LogP contribution in [0.5, 0.6) is 5.88 Å². The van der Waals surface area contributed by atoms with Gasteiger partial charge in [-0.25, -0.2) is 9.98 Å². The fourth-order valence-corrected chi connectivity index (χ4v) is 2.15. The van der Waals surface area contributed by atoms with Gasteiger partial charge in [-0.3, -0.25) is 0 Å². The molecule has 1 fully saturated rings. The molecule has 0 aliphatic heterocycles. The normalized spacial score (nSPS) is 16.2. The molecule has 1 aliphatic rings. The van der Waals surface area contributed by atoms with Crippen LogP contribution in [-0.4, -0.2) is 17.0 Å². The van der Waals surface area contributed by atoms with E-state index in [0.717, 1.165) is 18.4 Å². The lowest BCUT2D eigenvalue weighted by Crippen LogP contribution is -2.22. The third-order valence-electron chi connectivity index (χ3n) is 3.08. The van der Waals surface area contributed by atoms with Crippen LogP contribution in [0.15, 0.2) is 23.3 Å². The van der Waals surface area contributed by atoms with Crippen molar-refractivity contribution >= 4 is 5.96 Å². The first-order valence-corrected chi connectivity index (χ1v) is 6.41. The van der Waals surface area contributed by atoms with E-state index in [1.807, 2.05) is 12.1 Å². The van der Waals surface area contributed by atoms with E-state index in [4.69, 9.17) is 16.2 Å². The molecule has 0 aromatic carbocycles. The summed E-state index contributed by atoms with van der Waals surface area (Å²) in [6, 6.07) is 3.79. The van der Waals surface area contributed by atoms with Crippen LogP contribution in [-0.2, 0) is 6.54 Å². The van der Waals surface area contributed by atoms with E-state index in [-0.39, 0.29) is 5.96 Å². The van der Waals surface area contributed by atoms with Gasteiger partial charge in [-0.1, -0.05) is 6.42 Å². The number of nitrogens with zero attached hydrogens (tertiary/aromatic N) is 2. The molecule has 1 aromatic rings. The Balaban J connectivity index is 1.95. The molecule has 4 N–H and O–H groups in total. The van der Waals surface area contributed by atoms with Gasteiger partial charge in [-0.15, -0.1) is 0 Å². The van der Waals surface area contributed by atoms with E-state index in [2.05, 4.69) is 9.98 Å². The lowest BCUT2D eigenvalue weighted by Gasteiger charge is -2.22. The van der Waals surface area contributed by atoms with E-state index in [1.165, 1.54) is 19.3 Å². The molecule has 1 saturated carbocycles. The maximum absolute atomic E-state index is 5.88. The first-order valence-electron chi connectivity index (χ1n) is 6.41. The minimum atomic E-state index is 0.0987. The maximum Gasteiger partial charge on any atom is 0.213 e. The highest BCUT2D eigenvalue weighted by Crippen LogP contribution is 2.22. The van der Waals surface area contributed by atoms with Crippen LogP contribution < -0.4 is 16.2 Å². The summed E-state index contributed by atoms with van der Waals surface area (Å²) in [5, 5.41) is 0. The van der Waals surface area contributed by atoms with E-state index >= 15 is 0 Å². The average molecular weight is 248 g/mol. The summed E-state index contributed by atoms with van der Waals surface area (Å²) in [7, 11) is 0. The molecule has 98 valence electrons. The Hall–Kier alpha value is -1.78. The minimum Gasteiger partial charge on any atom is -0.474 e. The fourth-order valence-electron chi connectivity index (χ4n) is 2.15. The van der Waals surface area contributed by atoms with Crippen molar-refractivity contribution in [3.8, 4) is 5.88 Å². The van der Waals surface area contributed by atoms with Gasteiger partial charge in [-0.2, -0.15) is 0 Å². The van der Waals surface area contributed by atoms with Gasteiger partial charge < -0.3 is 16.2 Å². The molecule has 5 heteroatoms. The highest BCUT2D eigenvalue weighted by molar-refractivity contribution is 5.75. The first kappa shape index (κ1) is 12.7. The van der Waals surface area contributed by atoms with Gasteiger partial charge in [0.2, 0.25) is 5.88 Å². The van der Waals surface area contributed by atoms with Crippen LogP contribution in [0.25, 0.3) is 0 Å². The maximum atomic E-state index is 5.88. The minimum absolute atomic E-state index is 0.0987. The Labute approximate surface area is 107 Å². The molecule has 0 atom stereocenters. The lowest BCUT2D eigenvalue weighted by atomic mass is 9.98. The Morgan fingerprint density at radius 3 is 2.83 bits per heavy atom. The number of hydrogen-bond donors (Lipinski definition) is 2. The molecule has 1 aromatic heterocycles. The molecule has 0 spiro atoms. The summed E-state index contributed by atoms with van der Waals surface area (Å²) in [5.41, 5.74) is 11.6. The number of ether oxygens (including phenoxy) is 1. The molecular formula is C13H20N4O. The fraction of sp³-hybridized carbons (Fsp3) is 0.538. The second kappa shape index (κ2) is 6.23. The van der Waals surface area contributed by atoms with Gasteiger partial charge in [0.15, 0.2) is 5.96 Å². The molecule has 1 heterocycles. The third-order valence-corrected chi connectivity index (χ3v) is 3.08. The summed E-state index contributed by atoms with van der Waals surface area (Å²) < 4.78 is 5.88. The third kappa shape index (κ3) is 3.91. The molecule has 2 rings (SSSR count). The van der Waals surface area contributed by atoms with Crippen LogP contribution >= 0.6 is 0 Å². The number of nitrogens with two attached hydrogens (primary N) is 2. The summed E-state index contributed by atoms with van der Waals surface area (Å²) in [4.78, 5) is 8.20. The zero-order valence-corrected chi connectivity index (χ0v) is 10.5. The lowest BCUT2D eigenvalue weighted by molar-refractivity contribution is 0.148. The predicted octanol–water partition coefficient (Wildman–Crippen LogP) is 1.57. The second-order valence-electron chi connectivity index (χ2n) is 4.62. The quantitative estimate of drug-likeness (QED) is 0.625. The Morgan fingerprint density at radius 2 is 2.11 bits per heavy atom. The second-order valence-corrected chi connectivity index (χ2v) is 4.62. The van der Waals surface area contributed by atoms with E-state index in [0.29, 0.717) is 18.5 Å². The van der Waals surface area contributed by atoms with Crippen LogP contribution in [0, 0.1) is 0 Å². The summed E-state index contributed by atoms with van der Waals surface area (Å²) in [6.07, 6.45) is 8.11. The van der Waals surface area contributed by atoms with Crippen molar-refractivity contribution in [3.63, 3.8) is 0 Å². The summed E-state index contributed by atoms with van der Waals surface area (Å²) in [5.74, 6) is 0.770. The van der Waals surface area contributed by atoms with Crippen LogP contribution in [0.3, 0.4) is 0 Å². The smallest absolute Gasteiger partial charge is 0.213 e. The van der Waals surface area contributed by atoms with Crippen LogP contribution in [0.1, 0.15) is 37.7 Å². The van der Waals surface area contributed by atoms with Gasteiger partial charge in [-0.05, 0) is 37.3 Å². The molecule has 0 saturated heterocycles. The predicted molar refractivity (Wildman–Crippen MR) is 71.3 cm³/mol. The molecule has 0 radical (unpaired) electrons. The van der Waals surface area contributed by atoms with Gasteiger partial charge in [0.05, 0.1) is 6.54 Å².